The minimum atomic E-state index is 1.02. The maximum Gasteiger partial charge on any atom is 0.103 e. The van der Waals surface area contributed by atoms with Crippen molar-refractivity contribution in [3.8, 4) is 0 Å². The Balaban J connectivity index is 2.89. The first-order valence-electron chi connectivity index (χ1n) is 3.33. The van der Waals surface area contributed by atoms with Gasteiger partial charge in [-0.05, 0) is 57.3 Å². The van der Waals surface area contributed by atoms with Crippen LogP contribution in [-0.2, 0) is 0 Å². The molecular weight excluding hydrogens is 378 g/mol. The van der Waals surface area contributed by atoms with Gasteiger partial charge in [0.1, 0.15) is 3.70 Å². The monoisotopic (exact) mass is 382 g/mol. The Hall–Kier alpha value is 0.0200. The molecule has 60 valence electrons. The van der Waals surface area contributed by atoms with Gasteiger partial charge in [0.25, 0.3) is 0 Å². The molecule has 2 aromatic heterocycles. The molecule has 0 aliphatic carbocycles. The maximum atomic E-state index is 4.38. The van der Waals surface area contributed by atoms with E-state index in [0.29, 0.717) is 0 Å². The summed E-state index contributed by atoms with van der Waals surface area (Å²) in [7, 11) is 0. The van der Waals surface area contributed by atoms with Gasteiger partial charge < -0.3 is 0 Å². The molecule has 2 rings (SSSR count). The predicted molar refractivity (Wildman–Crippen MR) is 65.0 cm³/mol. The first-order valence-corrected chi connectivity index (χ1v) is 5.49. The highest BCUT2D eigenvalue weighted by atomic mass is 127. The predicted octanol–water partition coefficient (Wildman–Crippen LogP) is 2.84. The molecule has 0 atom stereocenters. The normalized spacial score (nSPS) is 10.5. The van der Waals surface area contributed by atoms with E-state index in [-0.39, 0.29) is 0 Å². The molecule has 0 unspecified atom stereocenters. The average molecular weight is 382 g/mol. The zero-order valence-corrected chi connectivity index (χ0v) is 10.3. The van der Waals surface area contributed by atoms with Crippen LogP contribution in [0.3, 0.4) is 0 Å². The van der Waals surface area contributed by atoms with Crippen LogP contribution < -0.4 is 0 Å². The summed E-state index contributed by atoms with van der Waals surface area (Å²) in [4.78, 5) is 8.43. The Morgan fingerprint density at radius 2 is 2.08 bits per heavy atom. The Bertz CT molecular complexity index is 428. The van der Waals surface area contributed by atoms with Crippen molar-refractivity contribution in [2.24, 2.45) is 0 Å². The summed E-state index contributed by atoms with van der Waals surface area (Å²) >= 11 is 4.52. The number of nitrogens with zero attached hydrogens (tertiary/aromatic N) is 2. The number of hydrogen-bond donors (Lipinski definition) is 0. The molecule has 0 amide bonds. The second-order valence-corrected chi connectivity index (χ2v) is 4.59. The van der Waals surface area contributed by atoms with Crippen molar-refractivity contribution in [2.75, 3.05) is 0 Å². The quantitative estimate of drug-likeness (QED) is 0.518. The topological polar surface area (TPSA) is 25.8 Å². The Morgan fingerprint density at radius 1 is 1.25 bits per heavy atom. The molecule has 0 fully saturated rings. The van der Waals surface area contributed by atoms with E-state index < -0.39 is 0 Å². The van der Waals surface area contributed by atoms with E-state index in [4.69, 9.17) is 0 Å². The van der Waals surface area contributed by atoms with E-state index in [1.165, 1.54) is 3.57 Å². The van der Waals surface area contributed by atoms with Gasteiger partial charge >= 0.3 is 0 Å². The molecule has 2 heterocycles. The van der Waals surface area contributed by atoms with Gasteiger partial charge in [0.05, 0.1) is 5.52 Å². The summed E-state index contributed by atoms with van der Waals surface area (Å²) in [5.74, 6) is 0. The highest BCUT2D eigenvalue weighted by molar-refractivity contribution is 14.1. The fourth-order valence-corrected chi connectivity index (χ4v) is 2.88. The Morgan fingerprint density at radius 3 is 2.92 bits per heavy atom. The van der Waals surface area contributed by atoms with E-state index >= 15 is 0 Å². The Kier molecular flexibility index (Phi) is 2.44. The van der Waals surface area contributed by atoms with Gasteiger partial charge in [-0.15, -0.1) is 0 Å². The van der Waals surface area contributed by atoms with Crippen LogP contribution in [0.25, 0.3) is 10.9 Å². The number of hydrogen-bond acceptors (Lipinski definition) is 2. The van der Waals surface area contributed by atoms with Gasteiger partial charge in [0, 0.05) is 21.4 Å². The van der Waals surface area contributed by atoms with Crippen LogP contribution in [0.2, 0.25) is 0 Å². The molecule has 0 bridgehead atoms. The molecule has 0 aliphatic rings. The van der Waals surface area contributed by atoms with Crippen LogP contribution in [0.4, 0.5) is 0 Å². The molecule has 2 aromatic rings. The third kappa shape index (κ3) is 1.54. The molecule has 2 nitrogen and oxygen atoms in total. The summed E-state index contributed by atoms with van der Waals surface area (Å²) in [6.45, 7) is 0. The van der Waals surface area contributed by atoms with Crippen molar-refractivity contribution in [2.45, 2.75) is 0 Å². The van der Waals surface area contributed by atoms with Crippen LogP contribution in [0.5, 0.6) is 0 Å². The minimum Gasteiger partial charge on any atom is -0.264 e. The second-order valence-electron chi connectivity index (χ2n) is 2.32. The summed E-state index contributed by atoms with van der Waals surface area (Å²) in [5.41, 5.74) is 1.02. The number of halogens is 2. The first kappa shape index (κ1) is 8.61. The number of rotatable bonds is 0. The summed E-state index contributed by atoms with van der Waals surface area (Å²) in [6.07, 6.45) is 3.61. The van der Waals surface area contributed by atoms with Crippen molar-refractivity contribution in [3.63, 3.8) is 0 Å². The van der Waals surface area contributed by atoms with Gasteiger partial charge in [-0.1, -0.05) is 0 Å². The molecule has 0 aliphatic heterocycles. The van der Waals surface area contributed by atoms with Crippen LogP contribution in [0.15, 0.2) is 24.5 Å². The third-order valence-electron chi connectivity index (χ3n) is 1.53. The number of fused-ring (bicyclic) bond motifs is 1. The molecule has 12 heavy (non-hydrogen) atoms. The lowest BCUT2D eigenvalue weighted by Gasteiger charge is -1.99. The second kappa shape index (κ2) is 3.41. The van der Waals surface area contributed by atoms with Crippen molar-refractivity contribution in [1.82, 2.24) is 9.97 Å². The van der Waals surface area contributed by atoms with Crippen LogP contribution in [0, 0.1) is 7.27 Å². The third-order valence-corrected chi connectivity index (χ3v) is 2.97. The number of aromatic nitrogens is 2. The standard InChI is InChI=1S/C8H4I2N2/c9-6-3-8(10)12-7-1-2-11-4-5(6)7/h1-4H. The summed E-state index contributed by atoms with van der Waals surface area (Å²) in [6, 6.07) is 3.98. The van der Waals surface area contributed by atoms with Crippen molar-refractivity contribution < 1.29 is 0 Å². The highest BCUT2D eigenvalue weighted by Crippen LogP contribution is 2.19. The van der Waals surface area contributed by atoms with Crippen molar-refractivity contribution in [3.05, 3.63) is 31.8 Å². The molecule has 0 saturated heterocycles. The minimum absolute atomic E-state index is 1.02. The summed E-state index contributed by atoms with van der Waals surface area (Å²) < 4.78 is 2.23. The number of pyridine rings is 2. The fourth-order valence-electron chi connectivity index (χ4n) is 0.998. The van der Waals surface area contributed by atoms with Crippen molar-refractivity contribution >= 4 is 56.1 Å². The van der Waals surface area contributed by atoms with Gasteiger partial charge in [0.15, 0.2) is 0 Å². The Labute approximate surface area is 97.1 Å². The molecule has 0 N–H and O–H groups in total. The largest absolute Gasteiger partial charge is 0.264 e. The summed E-state index contributed by atoms with van der Waals surface area (Å²) in [5, 5.41) is 1.12. The van der Waals surface area contributed by atoms with E-state index in [1.54, 1.807) is 6.20 Å². The average Bonchev–Trinajstić information content (AvgIpc) is 2.04. The van der Waals surface area contributed by atoms with Gasteiger partial charge in [-0.3, -0.25) is 4.98 Å². The van der Waals surface area contributed by atoms with Gasteiger partial charge in [0.2, 0.25) is 0 Å². The SMILES string of the molecule is Ic1cc(I)c2cnccc2n1. The molecule has 0 spiro atoms. The lowest BCUT2D eigenvalue weighted by molar-refractivity contribution is 1.29. The van der Waals surface area contributed by atoms with Crippen molar-refractivity contribution in [1.29, 1.82) is 0 Å². The van der Waals surface area contributed by atoms with Crippen LogP contribution >= 0.6 is 45.2 Å². The molecule has 0 radical (unpaired) electrons. The van der Waals surface area contributed by atoms with Crippen LogP contribution in [0.1, 0.15) is 0 Å². The fraction of sp³-hybridized carbons (Fsp3) is 0. The molecule has 4 heteroatoms. The lowest BCUT2D eigenvalue weighted by Crippen LogP contribution is -1.86. The van der Waals surface area contributed by atoms with Crippen LogP contribution in [-0.4, -0.2) is 9.97 Å². The maximum absolute atomic E-state index is 4.38. The highest BCUT2D eigenvalue weighted by Gasteiger charge is 2.00. The first-order chi connectivity index (χ1) is 5.77. The van der Waals surface area contributed by atoms with E-state index in [1.807, 2.05) is 18.3 Å². The molecular formula is C8H4I2N2. The van der Waals surface area contributed by atoms with E-state index in [0.717, 1.165) is 14.6 Å². The van der Waals surface area contributed by atoms with Gasteiger partial charge in [-0.2, -0.15) is 0 Å². The smallest absolute Gasteiger partial charge is 0.103 e. The lowest BCUT2D eigenvalue weighted by atomic mass is 10.3. The zero-order valence-electron chi connectivity index (χ0n) is 5.96. The van der Waals surface area contributed by atoms with E-state index in [2.05, 4.69) is 55.1 Å². The zero-order chi connectivity index (χ0) is 8.55. The molecule has 0 saturated carbocycles. The van der Waals surface area contributed by atoms with Gasteiger partial charge in [-0.25, -0.2) is 4.98 Å². The molecule has 0 aromatic carbocycles. The van der Waals surface area contributed by atoms with E-state index in [9.17, 15) is 0 Å².